The van der Waals surface area contributed by atoms with Crippen LogP contribution in [0.5, 0.6) is 5.75 Å². The molecule has 1 aromatic carbocycles. The highest BCUT2D eigenvalue weighted by Crippen LogP contribution is 2.29. The Hall–Kier alpha value is -2.02. The van der Waals surface area contributed by atoms with Crippen molar-refractivity contribution in [3.8, 4) is 5.75 Å². The fraction of sp³-hybridized carbons (Fsp3) is 0.381. The Balaban J connectivity index is 1.27. The summed E-state index contributed by atoms with van der Waals surface area (Å²) in [7, 11) is 1.72. The van der Waals surface area contributed by atoms with Crippen molar-refractivity contribution >= 4 is 28.8 Å². The minimum atomic E-state index is 0.542. The number of rotatable bonds is 7. The third kappa shape index (κ3) is 4.87. The van der Waals surface area contributed by atoms with E-state index >= 15 is 0 Å². The van der Waals surface area contributed by atoms with Gasteiger partial charge in [-0.2, -0.15) is 5.10 Å². The number of ether oxygens (including phenoxy) is 1. The van der Waals surface area contributed by atoms with Gasteiger partial charge in [-0.25, -0.2) is 0 Å². The minimum absolute atomic E-state index is 0.542. The van der Waals surface area contributed by atoms with Crippen molar-refractivity contribution in [3.05, 3.63) is 62.9 Å². The number of aromatic nitrogens is 2. The largest absolute Gasteiger partial charge is 0.497 e. The molecule has 0 amide bonds. The lowest BCUT2D eigenvalue weighted by Crippen LogP contribution is -2.32. The van der Waals surface area contributed by atoms with Crippen LogP contribution in [0.25, 0.3) is 0 Å². The van der Waals surface area contributed by atoms with Crippen LogP contribution in [0.2, 0.25) is 4.34 Å². The van der Waals surface area contributed by atoms with Crippen molar-refractivity contribution in [1.82, 2.24) is 15.1 Å². The average Bonchev–Trinajstić information content (AvgIpc) is 3.36. The summed E-state index contributed by atoms with van der Waals surface area (Å²) in [5.74, 6) is 2.37. The molecule has 4 rings (SSSR count). The molecule has 7 heteroatoms. The second-order valence-electron chi connectivity index (χ2n) is 7.17. The van der Waals surface area contributed by atoms with Crippen LogP contribution in [-0.4, -0.2) is 35.3 Å². The molecule has 0 atom stereocenters. The van der Waals surface area contributed by atoms with Crippen LogP contribution >= 0.6 is 22.9 Å². The van der Waals surface area contributed by atoms with Gasteiger partial charge in [-0.05, 0) is 55.8 Å². The highest BCUT2D eigenvalue weighted by atomic mass is 35.5. The molecule has 2 aromatic heterocycles. The summed E-state index contributed by atoms with van der Waals surface area (Å²) in [6.45, 7) is 3.92. The van der Waals surface area contributed by atoms with Crippen LogP contribution in [-0.2, 0) is 13.1 Å². The minimum Gasteiger partial charge on any atom is -0.497 e. The highest BCUT2D eigenvalue weighted by Gasteiger charge is 2.22. The third-order valence-electron chi connectivity index (χ3n) is 5.24. The number of hydrogen-bond donors (Lipinski definition) is 2. The summed E-state index contributed by atoms with van der Waals surface area (Å²) >= 11 is 7.58. The van der Waals surface area contributed by atoms with Crippen LogP contribution in [0.15, 0.2) is 42.5 Å². The number of aromatic amines is 1. The number of nitrogens with zero attached hydrogens (tertiary/aromatic N) is 2. The second-order valence-corrected chi connectivity index (χ2v) is 8.97. The molecular formula is C21H25ClN4OS. The summed E-state index contributed by atoms with van der Waals surface area (Å²) in [6.07, 6.45) is 2.29. The Labute approximate surface area is 174 Å². The molecule has 3 heterocycles. The van der Waals surface area contributed by atoms with E-state index in [1.54, 1.807) is 18.4 Å². The first-order chi connectivity index (χ1) is 13.7. The zero-order valence-corrected chi connectivity index (χ0v) is 17.5. The van der Waals surface area contributed by atoms with E-state index in [1.165, 1.54) is 16.1 Å². The smallest absolute Gasteiger partial charge is 0.148 e. The molecule has 0 spiro atoms. The molecule has 0 radical (unpaired) electrons. The van der Waals surface area contributed by atoms with E-state index in [0.29, 0.717) is 5.92 Å². The van der Waals surface area contributed by atoms with Crippen molar-refractivity contribution in [2.45, 2.75) is 31.8 Å². The van der Waals surface area contributed by atoms with Gasteiger partial charge in [-0.1, -0.05) is 23.7 Å². The number of thiophene rings is 1. The molecule has 28 heavy (non-hydrogen) atoms. The molecule has 0 aliphatic carbocycles. The number of methoxy groups -OCH3 is 1. The molecule has 1 fully saturated rings. The summed E-state index contributed by atoms with van der Waals surface area (Å²) in [4.78, 5) is 3.72. The van der Waals surface area contributed by atoms with Crippen LogP contribution in [0.3, 0.4) is 0 Å². The lowest BCUT2D eigenvalue weighted by Gasteiger charge is -2.31. The first-order valence-electron chi connectivity index (χ1n) is 9.58. The fourth-order valence-electron chi connectivity index (χ4n) is 3.69. The van der Waals surface area contributed by atoms with E-state index in [9.17, 15) is 0 Å². The van der Waals surface area contributed by atoms with Crippen molar-refractivity contribution in [2.75, 3.05) is 25.5 Å². The predicted octanol–water partition coefficient (Wildman–Crippen LogP) is 5.12. The number of piperidine rings is 1. The first-order valence-corrected chi connectivity index (χ1v) is 10.8. The van der Waals surface area contributed by atoms with Crippen molar-refractivity contribution in [2.24, 2.45) is 0 Å². The molecule has 0 unspecified atom stereocenters. The Morgan fingerprint density at radius 3 is 2.86 bits per heavy atom. The van der Waals surface area contributed by atoms with E-state index in [0.717, 1.165) is 54.9 Å². The summed E-state index contributed by atoms with van der Waals surface area (Å²) in [5.41, 5.74) is 2.53. The normalized spacial score (nSPS) is 15.6. The van der Waals surface area contributed by atoms with Gasteiger partial charge in [0.15, 0.2) is 0 Å². The number of halogens is 1. The van der Waals surface area contributed by atoms with E-state index < -0.39 is 0 Å². The number of anilines is 1. The molecule has 5 nitrogen and oxygen atoms in total. The van der Waals surface area contributed by atoms with Gasteiger partial charge in [0.25, 0.3) is 0 Å². The topological polar surface area (TPSA) is 53.2 Å². The Bertz CT molecular complexity index is 901. The maximum absolute atomic E-state index is 5.98. The molecule has 3 aromatic rings. The summed E-state index contributed by atoms with van der Waals surface area (Å²) < 4.78 is 6.15. The van der Waals surface area contributed by atoms with Crippen LogP contribution in [0, 0.1) is 0 Å². The zero-order valence-electron chi connectivity index (χ0n) is 16.0. The molecular weight excluding hydrogens is 392 g/mol. The molecule has 2 N–H and O–H groups in total. The van der Waals surface area contributed by atoms with E-state index in [-0.39, 0.29) is 0 Å². The van der Waals surface area contributed by atoms with Crippen LogP contribution in [0.1, 0.15) is 34.9 Å². The molecule has 148 valence electrons. The SMILES string of the molecule is COc1cccc(CN2CCC(c3cc(NCc4ccc(Cl)s4)n[nH]3)CC2)c1. The maximum atomic E-state index is 5.98. The van der Waals surface area contributed by atoms with Crippen molar-refractivity contribution in [3.63, 3.8) is 0 Å². The van der Waals surface area contributed by atoms with Gasteiger partial charge in [0.05, 0.1) is 18.0 Å². The van der Waals surface area contributed by atoms with Gasteiger partial charge in [-0.15, -0.1) is 11.3 Å². The predicted molar refractivity (Wildman–Crippen MR) is 115 cm³/mol. The van der Waals surface area contributed by atoms with Gasteiger partial charge >= 0.3 is 0 Å². The van der Waals surface area contributed by atoms with Crippen LogP contribution in [0.4, 0.5) is 5.82 Å². The van der Waals surface area contributed by atoms with Gasteiger partial charge in [0.1, 0.15) is 11.6 Å². The Morgan fingerprint density at radius 2 is 2.11 bits per heavy atom. The molecule has 1 aliphatic heterocycles. The fourth-order valence-corrected chi connectivity index (χ4v) is 4.72. The lowest BCUT2D eigenvalue weighted by atomic mass is 9.93. The van der Waals surface area contributed by atoms with Gasteiger partial charge in [0.2, 0.25) is 0 Å². The quantitative estimate of drug-likeness (QED) is 0.561. The standard InChI is InChI=1S/C21H25ClN4OS/c1-27-17-4-2-3-15(11-17)14-26-9-7-16(8-10-26)19-12-21(25-24-19)23-13-18-5-6-20(22)28-18/h2-6,11-12,16H,7-10,13-14H2,1H3,(H2,23,24,25). The lowest BCUT2D eigenvalue weighted by molar-refractivity contribution is 0.203. The summed E-state index contributed by atoms with van der Waals surface area (Å²) in [6, 6.07) is 14.5. The van der Waals surface area contributed by atoms with Crippen molar-refractivity contribution < 1.29 is 4.74 Å². The summed E-state index contributed by atoms with van der Waals surface area (Å²) in [5, 5.41) is 11.0. The molecule has 1 aliphatic rings. The number of H-pyrrole nitrogens is 1. The number of nitrogens with one attached hydrogen (secondary N) is 2. The van der Waals surface area contributed by atoms with Crippen molar-refractivity contribution in [1.29, 1.82) is 0 Å². The van der Waals surface area contributed by atoms with E-state index in [1.807, 2.05) is 18.2 Å². The monoisotopic (exact) mass is 416 g/mol. The molecule has 0 saturated carbocycles. The van der Waals surface area contributed by atoms with Crippen LogP contribution < -0.4 is 10.1 Å². The van der Waals surface area contributed by atoms with E-state index in [4.69, 9.17) is 16.3 Å². The zero-order chi connectivity index (χ0) is 19.3. The third-order valence-corrected chi connectivity index (χ3v) is 6.47. The van der Waals surface area contributed by atoms with E-state index in [2.05, 4.69) is 44.7 Å². The Kier molecular flexibility index (Phi) is 6.20. The van der Waals surface area contributed by atoms with Gasteiger partial charge in [0, 0.05) is 29.1 Å². The molecule has 1 saturated heterocycles. The first kappa shape index (κ1) is 19.3. The van der Waals surface area contributed by atoms with Gasteiger partial charge in [-0.3, -0.25) is 10.00 Å². The number of benzene rings is 1. The Morgan fingerprint density at radius 1 is 1.25 bits per heavy atom. The molecule has 0 bridgehead atoms. The second kappa shape index (κ2) is 8.99. The maximum Gasteiger partial charge on any atom is 0.148 e. The average molecular weight is 417 g/mol. The number of hydrogen-bond acceptors (Lipinski definition) is 5. The number of likely N-dealkylation sites (tertiary alicyclic amines) is 1. The van der Waals surface area contributed by atoms with Gasteiger partial charge < -0.3 is 10.1 Å². The highest BCUT2D eigenvalue weighted by molar-refractivity contribution is 7.16.